The molecule has 0 unspecified atom stereocenters. The van der Waals surface area contributed by atoms with Crippen LogP contribution in [0.5, 0.6) is 0 Å². The molecule has 1 aliphatic carbocycles. The molecule has 0 aliphatic heterocycles. The van der Waals surface area contributed by atoms with Crippen molar-refractivity contribution in [1.82, 2.24) is 19.3 Å². The van der Waals surface area contributed by atoms with Gasteiger partial charge in [-0.3, -0.25) is 9.59 Å². The number of nitrogens with one attached hydrogen (secondary N) is 1. The summed E-state index contributed by atoms with van der Waals surface area (Å²) in [5.41, 5.74) is 4.90. The van der Waals surface area contributed by atoms with Crippen LogP contribution in [0, 0.1) is 19.8 Å². The number of Topliss-reactive ketones (excluding diaryl/α,β-unsaturated/α-hetero) is 1. The molecule has 0 atom stereocenters. The highest BCUT2D eigenvalue weighted by atomic mass is 16.6. The van der Waals surface area contributed by atoms with E-state index in [0.717, 1.165) is 35.4 Å². The van der Waals surface area contributed by atoms with E-state index in [0.29, 0.717) is 40.3 Å². The fraction of sp³-hybridized carbons (Fsp3) is 0.400. The van der Waals surface area contributed by atoms with Gasteiger partial charge in [0.2, 0.25) is 5.95 Å². The second kappa shape index (κ2) is 10.8. The summed E-state index contributed by atoms with van der Waals surface area (Å²) in [5.74, 6) is 1.25. The molecule has 3 heterocycles. The van der Waals surface area contributed by atoms with Crippen LogP contribution in [0.15, 0.2) is 47.5 Å². The van der Waals surface area contributed by atoms with E-state index in [-0.39, 0.29) is 11.3 Å². The number of anilines is 2. The first-order valence-corrected chi connectivity index (χ1v) is 13.4. The average Bonchev–Trinajstić information content (AvgIpc) is 3.54. The first kappa shape index (κ1) is 25.7. The molecule has 1 aliphatic rings. The third kappa shape index (κ3) is 5.08. The Morgan fingerprint density at radius 2 is 1.89 bits per heavy atom. The van der Waals surface area contributed by atoms with Gasteiger partial charge in [-0.25, -0.2) is 4.98 Å². The SMILES string of the molecule is COn1c(=O)c(-c2c(C)cccc2C)cc2cnc(Nc3cc(C(=O)CCCC4CCCC4)n(C)c3)nc21. The molecule has 0 bridgehead atoms. The molecule has 0 spiro atoms. The number of pyridine rings is 1. The van der Waals surface area contributed by atoms with E-state index in [1.165, 1.54) is 37.5 Å². The minimum atomic E-state index is -0.285. The van der Waals surface area contributed by atoms with Crippen molar-refractivity contribution in [2.24, 2.45) is 13.0 Å². The molecule has 8 nitrogen and oxygen atoms in total. The average molecular weight is 514 g/mol. The van der Waals surface area contributed by atoms with Gasteiger partial charge in [0.1, 0.15) is 7.11 Å². The fourth-order valence-corrected chi connectivity index (χ4v) is 5.74. The van der Waals surface area contributed by atoms with Crippen LogP contribution in [-0.4, -0.2) is 32.2 Å². The highest BCUT2D eigenvalue weighted by molar-refractivity contribution is 5.96. The van der Waals surface area contributed by atoms with Crippen LogP contribution in [0.3, 0.4) is 0 Å². The predicted octanol–water partition coefficient (Wildman–Crippen LogP) is 5.76. The smallest absolute Gasteiger partial charge is 0.292 e. The van der Waals surface area contributed by atoms with Gasteiger partial charge in [0.05, 0.1) is 16.9 Å². The van der Waals surface area contributed by atoms with Gasteiger partial charge in [0.25, 0.3) is 5.56 Å². The topological polar surface area (TPSA) is 91.0 Å². The minimum absolute atomic E-state index is 0.144. The monoisotopic (exact) mass is 513 g/mol. The lowest BCUT2D eigenvalue weighted by molar-refractivity contribution is 0.0970. The van der Waals surface area contributed by atoms with E-state index in [4.69, 9.17) is 4.84 Å². The molecule has 4 aromatic rings. The molecule has 1 saturated carbocycles. The van der Waals surface area contributed by atoms with Crippen molar-refractivity contribution in [1.29, 1.82) is 0 Å². The Morgan fingerprint density at radius 3 is 2.61 bits per heavy atom. The van der Waals surface area contributed by atoms with Gasteiger partial charge in [-0.15, -0.1) is 4.73 Å². The van der Waals surface area contributed by atoms with E-state index >= 15 is 0 Å². The van der Waals surface area contributed by atoms with Crippen molar-refractivity contribution in [2.75, 3.05) is 12.4 Å². The first-order valence-electron chi connectivity index (χ1n) is 13.4. The zero-order valence-electron chi connectivity index (χ0n) is 22.6. The number of rotatable bonds is 9. The Bertz CT molecular complexity index is 1530. The quantitative estimate of drug-likeness (QED) is 0.286. The summed E-state index contributed by atoms with van der Waals surface area (Å²) in [6.45, 7) is 3.97. The Hall–Kier alpha value is -3.94. The number of hydrogen-bond donors (Lipinski definition) is 1. The summed E-state index contributed by atoms with van der Waals surface area (Å²) in [5, 5.41) is 3.86. The third-order valence-corrected chi connectivity index (χ3v) is 7.67. The Balaban J connectivity index is 1.38. The fourth-order valence-electron chi connectivity index (χ4n) is 5.74. The number of carbonyl (C=O) groups is 1. The van der Waals surface area contributed by atoms with Crippen LogP contribution >= 0.6 is 0 Å². The summed E-state index contributed by atoms with van der Waals surface area (Å²) in [7, 11) is 3.32. The van der Waals surface area contributed by atoms with Gasteiger partial charge in [-0.05, 0) is 55.0 Å². The van der Waals surface area contributed by atoms with E-state index in [1.807, 2.05) is 62.0 Å². The Kier molecular flexibility index (Phi) is 7.31. The minimum Gasteiger partial charge on any atom is -0.412 e. The second-order valence-electron chi connectivity index (χ2n) is 10.4. The number of benzene rings is 1. The molecule has 198 valence electrons. The first-order chi connectivity index (χ1) is 18.4. The molecule has 0 radical (unpaired) electrons. The number of fused-ring (bicyclic) bond motifs is 1. The largest absolute Gasteiger partial charge is 0.412 e. The summed E-state index contributed by atoms with van der Waals surface area (Å²) in [6.07, 6.45) is 11.4. The van der Waals surface area contributed by atoms with Crippen molar-refractivity contribution in [3.05, 3.63) is 69.9 Å². The number of hydrogen-bond acceptors (Lipinski definition) is 6. The molecule has 38 heavy (non-hydrogen) atoms. The number of carbonyl (C=O) groups excluding carboxylic acids is 1. The molecule has 8 heteroatoms. The molecular weight excluding hydrogens is 478 g/mol. The number of aromatic nitrogens is 4. The van der Waals surface area contributed by atoms with Crippen LogP contribution < -0.4 is 15.7 Å². The van der Waals surface area contributed by atoms with Crippen LogP contribution in [0.25, 0.3) is 22.2 Å². The van der Waals surface area contributed by atoms with Crippen LogP contribution in [0.1, 0.15) is 66.6 Å². The van der Waals surface area contributed by atoms with Crippen LogP contribution in [0.4, 0.5) is 11.6 Å². The maximum atomic E-state index is 13.4. The maximum Gasteiger partial charge on any atom is 0.292 e. The van der Waals surface area contributed by atoms with Crippen molar-refractivity contribution < 1.29 is 9.63 Å². The summed E-state index contributed by atoms with van der Waals surface area (Å²) in [4.78, 5) is 40.8. The van der Waals surface area contributed by atoms with Gasteiger partial charge >= 0.3 is 0 Å². The standard InChI is InChI=1S/C30H35N5O3/c1-19-9-7-10-20(2)27(19)24-15-22-17-31-30(33-28(22)35(38-4)29(24)37)32-23-16-25(34(3)18-23)26(36)14-8-13-21-11-5-6-12-21/h7,9-10,15-18,21H,5-6,8,11-14H2,1-4H3,(H,31,32,33). The Morgan fingerprint density at radius 1 is 1.16 bits per heavy atom. The normalized spacial score (nSPS) is 13.8. The molecule has 5 rings (SSSR count). The third-order valence-electron chi connectivity index (χ3n) is 7.67. The van der Waals surface area contributed by atoms with E-state index in [1.54, 1.807) is 6.20 Å². The zero-order valence-corrected chi connectivity index (χ0v) is 22.6. The lowest BCUT2D eigenvalue weighted by Crippen LogP contribution is -2.27. The van der Waals surface area contributed by atoms with Crippen LogP contribution in [0.2, 0.25) is 0 Å². The van der Waals surface area contributed by atoms with Crippen LogP contribution in [-0.2, 0) is 7.05 Å². The second-order valence-corrected chi connectivity index (χ2v) is 10.4. The van der Waals surface area contributed by atoms with Gasteiger partial charge < -0.3 is 14.7 Å². The molecule has 0 saturated heterocycles. The lowest BCUT2D eigenvalue weighted by atomic mass is 9.96. The molecule has 1 N–H and O–H groups in total. The molecular formula is C30H35N5O3. The molecule has 0 amide bonds. The van der Waals surface area contributed by atoms with Gasteiger partial charge in [0.15, 0.2) is 11.4 Å². The number of nitrogens with zero attached hydrogens (tertiary/aromatic N) is 4. The highest BCUT2D eigenvalue weighted by Crippen LogP contribution is 2.30. The van der Waals surface area contributed by atoms with E-state index < -0.39 is 0 Å². The summed E-state index contributed by atoms with van der Waals surface area (Å²) < 4.78 is 3.04. The molecule has 1 aromatic carbocycles. The van der Waals surface area contributed by atoms with Gasteiger partial charge in [-0.1, -0.05) is 50.3 Å². The van der Waals surface area contributed by atoms with Crippen molar-refractivity contribution in [2.45, 2.75) is 58.8 Å². The van der Waals surface area contributed by atoms with E-state index in [9.17, 15) is 9.59 Å². The number of ketones is 1. The zero-order chi connectivity index (χ0) is 26.8. The van der Waals surface area contributed by atoms with Crippen molar-refractivity contribution >= 4 is 28.5 Å². The van der Waals surface area contributed by atoms with Gasteiger partial charge in [0, 0.05) is 31.2 Å². The lowest BCUT2D eigenvalue weighted by Gasteiger charge is -2.14. The molecule has 1 fully saturated rings. The maximum absolute atomic E-state index is 13.4. The highest BCUT2D eigenvalue weighted by Gasteiger charge is 2.19. The van der Waals surface area contributed by atoms with Crippen molar-refractivity contribution in [3.8, 4) is 11.1 Å². The molecule has 3 aromatic heterocycles. The Labute approximate surface area is 222 Å². The summed E-state index contributed by atoms with van der Waals surface area (Å²) >= 11 is 0. The van der Waals surface area contributed by atoms with Gasteiger partial charge in [-0.2, -0.15) is 4.98 Å². The summed E-state index contributed by atoms with van der Waals surface area (Å²) in [6, 6.07) is 9.60. The predicted molar refractivity (Wildman–Crippen MR) is 150 cm³/mol. The van der Waals surface area contributed by atoms with E-state index in [2.05, 4.69) is 15.3 Å². The van der Waals surface area contributed by atoms with Crippen molar-refractivity contribution in [3.63, 3.8) is 0 Å². The number of aryl methyl sites for hydroxylation is 3.